The first kappa shape index (κ1) is 11.5. The largest absolute Gasteiger partial charge is 0.148 e. The number of alkyl halides is 1. The van der Waals surface area contributed by atoms with Crippen LogP contribution in [0, 0.1) is 17.3 Å². The van der Waals surface area contributed by atoms with Gasteiger partial charge in [0.2, 0.25) is 0 Å². The fourth-order valence-electron chi connectivity index (χ4n) is 3.65. The third kappa shape index (κ3) is 1.26. The van der Waals surface area contributed by atoms with Gasteiger partial charge in [-0.2, -0.15) is 0 Å². The predicted molar refractivity (Wildman–Crippen MR) is 68.8 cm³/mol. The Morgan fingerprint density at radius 3 is 2.47 bits per heavy atom. The quantitative estimate of drug-likeness (QED) is 0.683. The smallest absolute Gasteiger partial charge is 0.0266 e. The van der Waals surface area contributed by atoms with Gasteiger partial charge in [-0.1, -0.05) is 33.8 Å². The lowest BCUT2D eigenvalue weighted by Gasteiger charge is -2.24. The van der Waals surface area contributed by atoms with E-state index in [1.807, 2.05) is 11.3 Å². The lowest BCUT2D eigenvalue weighted by Crippen LogP contribution is -2.21. The Morgan fingerprint density at radius 1 is 1.47 bits per heavy atom. The molecule has 2 heteroatoms. The van der Waals surface area contributed by atoms with Crippen LogP contribution in [0.15, 0.2) is 17.5 Å². The van der Waals surface area contributed by atoms with Crippen molar-refractivity contribution >= 4 is 22.9 Å². The molecule has 2 rings (SSSR count). The average molecular weight is 243 g/mol. The lowest BCUT2D eigenvalue weighted by atomic mass is 9.83. The molecule has 1 saturated carbocycles. The van der Waals surface area contributed by atoms with Crippen molar-refractivity contribution in [3.05, 3.63) is 22.4 Å². The van der Waals surface area contributed by atoms with Gasteiger partial charge < -0.3 is 0 Å². The minimum atomic E-state index is 0.322. The van der Waals surface area contributed by atoms with Gasteiger partial charge in [0.1, 0.15) is 0 Å². The first-order valence-corrected chi connectivity index (χ1v) is 7.01. The van der Waals surface area contributed by atoms with Crippen molar-refractivity contribution in [1.29, 1.82) is 0 Å². The number of hydrogen-bond donors (Lipinski definition) is 0. The lowest BCUT2D eigenvalue weighted by molar-refractivity contribution is 0.388. The van der Waals surface area contributed by atoms with E-state index in [2.05, 4.69) is 45.2 Å². The summed E-state index contributed by atoms with van der Waals surface area (Å²) in [5, 5.41) is 2.18. The summed E-state index contributed by atoms with van der Waals surface area (Å²) < 4.78 is 0. The molecule has 0 nitrogen and oxygen atoms in total. The van der Waals surface area contributed by atoms with Crippen LogP contribution in [0.3, 0.4) is 0 Å². The highest BCUT2D eigenvalue weighted by Gasteiger charge is 2.72. The van der Waals surface area contributed by atoms with Crippen molar-refractivity contribution in [3.8, 4) is 0 Å². The summed E-state index contributed by atoms with van der Waals surface area (Å²) in [6.07, 6.45) is 0. The molecular weight excluding hydrogens is 224 g/mol. The van der Waals surface area contributed by atoms with Crippen molar-refractivity contribution < 1.29 is 0 Å². The van der Waals surface area contributed by atoms with Crippen molar-refractivity contribution in [1.82, 2.24) is 0 Å². The molecule has 2 atom stereocenters. The van der Waals surface area contributed by atoms with E-state index in [4.69, 9.17) is 11.6 Å². The van der Waals surface area contributed by atoms with E-state index in [1.54, 1.807) is 0 Å². The predicted octanol–water partition coefficient (Wildman–Crippen LogP) is 4.54. The molecule has 0 aromatic carbocycles. The summed E-state index contributed by atoms with van der Waals surface area (Å²) in [6, 6.07) is 4.43. The summed E-state index contributed by atoms with van der Waals surface area (Å²) in [4.78, 5) is 1.52. The Kier molecular flexibility index (Phi) is 2.67. The Bertz CT molecular complexity index is 339. The highest BCUT2D eigenvalue weighted by Crippen LogP contribution is 2.73. The fourth-order valence-corrected chi connectivity index (χ4v) is 5.58. The van der Waals surface area contributed by atoms with E-state index in [1.165, 1.54) is 4.88 Å². The number of hydrogen-bond acceptors (Lipinski definition) is 1. The Morgan fingerprint density at radius 2 is 2.13 bits per heavy atom. The second kappa shape index (κ2) is 3.49. The van der Waals surface area contributed by atoms with Crippen molar-refractivity contribution in [2.24, 2.45) is 17.3 Å². The Labute approximate surface area is 102 Å². The summed E-state index contributed by atoms with van der Waals surface area (Å²) in [6.45, 7) is 9.38. The molecule has 1 aliphatic carbocycles. The second-order valence-electron chi connectivity index (χ2n) is 5.43. The van der Waals surface area contributed by atoms with Crippen LogP contribution in [-0.4, -0.2) is 5.88 Å². The topological polar surface area (TPSA) is 0 Å². The molecule has 1 fully saturated rings. The molecule has 1 heterocycles. The molecule has 84 valence electrons. The summed E-state index contributed by atoms with van der Waals surface area (Å²) >= 11 is 8.02. The summed E-state index contributed by atoms with van der Waals surface area (Å²) in [7, 11) is 0. The van der Waals surface area contributed by atoms with Gasteiger partial charge in [-0.3, -0.25) is 0 Å². The zero-order valence-electron chi connectivity index (χ0n) is 9.88. The van der Waals surface area contributed by atoms with E-state index < -0.39 is 0 Å². The molecule has 2 unspecified atom stereocenters. The van der Waals surface area contributed by atoms with Crippen molar-refractivity contribution in [3.63, 3.8) is 0 Å². The number of halogens is 1. The molecule has 0 bridgehead atoms. The van der Waals surface area contributed by atoms with Gasteiger partial charge in [-0.25, -0.2) is 0 Å². The molecule has 0 saturated heterocycles. The minimum Gasteiger partial charge on any atom is -0.148 e. The molecule has 0 aliphatic heterocycles. The van der Waals surface area contributed by atoms with Crippen LogP contribution in [-0.2, 0) is 5.41 Å². The third-order valence-electron chi connectivity index (χ3n) is 4.40. The SMILES string of the molecule is CC(C)C1(c2cccs2)C(CCl)C1(C)C. The maximum Gasteiger partial charge on any atom is 0.0266 e. The maximum atomic E-state index is 6.13. The van der Waals surface area contributed by atoms with Gasteiger partial charge in [0.05, 0.1) is 0 Å². The fraction of sp³-hybridized carbons (Fsp3) is 0.692. The molecular formula is C13H19ClS. The van der Waals surface area contributed by atoms with Gasteiger partial charge in [0.25, 0.3) is 0 Å². The monoisotopic (exact) mass is 242 g/mol. The zero-order valence-corrected chi connectivity index (χ0v) is 11.5. The average Bonchev–Trinajstić information content (AvgIpc) is 2.56. The van der Waals surface area contributed by atoms with E-state index >= 15 is 0 Å². The van der Waals surface area contributed by atoms with Crippen LogP contribution in [0.5, 0.6) is 0 Å². The number of rotatable bonds is 3. The maximum absolute atomic E-state index is 6.13. The molecule has 15 heavy (non-hydrogen) atoms. The molecule has 0 radical (unpaired) electrons. The van der Waals surface area contributed by atoms with Crippen LogP contribution in [0.4, 0.5) is 0 Å². The third-order valence-corrected chi connectivity index (χ3v) is 5.73. The van der Waals surface area contributed by atoms with E-state index in [0.717, 1.165) is 5.88 Å². The molecule has 0 N–H and O–H groups in total. The highest BCUT2D eigenvalue weighted by molar-refractivity contribution is 7.10. The van der Waals surface area contributed by atoms with Crippen LogP contribution >= 0.6 is 22.9 Å². The van der Waals surface area contributed by atoms with Gasteiger partial charge >= 0.3 is 0 Å². The molecule has 1 aromatic heterocycles. The Balaban J connectivity index is 2.46. The standard InChI is InChI=1S/C13H19ClS/c1-9(2)13(11-6-5-7-15-11)10(8-14)12(13,3)4/h5-7,9-10H,8H2,1-4H3. The minimum absolute atomic E-state index is 0.322. The van der Waals surface area contributed by atoms with Crippen LogP contribution in [0.25, 0.3) is 0 Å². The van der Waals surface area contributed by atoms with Gasteiger partial charge in [0.15, 0.2) is 0 Å². The first-order valence-electron chi connectivity index (χ1n) is 5.59. The number of thiophene rings is 1. The molecule has 0 amide bonds. The Hall–Kier alpha value is -0.0100. The van der Waals surface area contributed by atoms with Crippen LogP contribution in [0.2, 0.25) is 0 Å². The van der Waals surface area contributed by atoms with E-state index in [9.17, 15) is 0 Å². The van der Waals surface area contributed by atoms with E-state index in [0.29, 0.717) is 22.7 Å². The summed E-state index contributed by atoms with van der Waals surface area (Å²) in [5.41, 5.74) is 0.677. The molecule has 1 aromatic rings. The van der Waals surface area contributed by atoms with Gasteiger partial charge in [-0.05, 0) is 28.7 Å². The van der Waals surface area contributed by atoms with Crippen LogP contribution < -0.4 is 0 Å². The normalized spacial score (nSPS) is 33.3. The second-order valence-corrected chi connectivity index (χ2v) is 6.69. The highest BCUT2D eigenvalue weighted by atomic mass is 35.5. The van der Waals surface area contributed by atoms with Gasteiger partial charge in [-0.15, -0.1) is 22.9 Å². The molecule has 0 spiro atoms. The van der Waals surface area contributed by atoms with Crippen LogP contribution in [0.1, 0.15) is 32.6 Å². The van der Waals surface area contributed by atoms with Crippen molar-refractivity contribution in [2.75, 3.05) is 5.88 Å². The van der Waals surface area contributed by atoms with E-state index in [-0.39, 0.29) is 0 Å². The van der Waals surface area contributed by atoms with Crippen molar-refractivity contribution in [2.45, 2.75) is 33.1 Å². The summed E-state index contributed by atoms with van der Waals surface area (Å²) in [5.74, 6) is 2.07. The molecule has 1 aliphatic rings. The first-order chi connectivity index (χ1) is 6.99. The zero-order chi connectivity index (χ0) is 11.3. The van der Waals surface area contributed by atoms with Gasteiger partial charge in [0, 0.05) is 16.2 Å².